The van der Waals surface area contributed by atoms with Gasteiger partial charge in [0.2, 0.25) is 0 Å². The number of aliphatic hydroxyl groups excluding tert-OH is 1. The number of aliphatic hydroxyl groups is 1. The lowest BCUT2D eigenvalue weighted by Gasteiger charge is -2.15. The molecule has 0 radical (unpaired) electrons. The summed E-state index contributed by atoms with van der Waals surface area (Å²) < 4.78 is 12.1. The summed E-state index contributed by atoms with van der Waals surface area (Å²) in [5, 5.41) is 17.2. The van der Waals surface area contributed by atoms with Crippen LogP contribution < -0.4 is 20.5 Å². The monoisotopic (exact) mass is 574 g/mol. The molecule has 0 aliphatic heterocycles. The van der Waals surface area contributed by atoms with Gasteiger partial charge in [-0.3, -0.25) is 5.26 Å². The second-order valence-electron chi connectivity index (χ2n) is 9.12. The van der Waals surface area contributed by atoms with Crippen molar-refractivity contribution in [2.75, 3.05) is 47.6 Å². The summed E-state index contributed by atoms with van der Waals surface area (Å²) >= 11 is 0. The minimum atomic E-state index is 0.500. The number of carbonyl (C=O) groups excluding carboxylic acids is 1. The lowest BCUT2D eigenvalue weighted by atomic mass is 9.95. The Hall–Kier alpha value is -3.01. The van der Waals surface area contributed by atoms with Gasteiger partial charge in [0.1, 0.15) is 18.3 Å². The number of aryl methyl sites for hydroxylation is 1. The van der Waals surface area contributed by atoms with Gasteiger partial charge in [0.15, 0.2) is 0 Å². The number of hydrogen-bond donors (Lipinski definition) is 4. The van der Waals surface area contributed by atoms with Crippen molar-refractivity contribution in [2.45, 2.75) is 58.3 Å². The van der Waals surface area contributed by atoms with Crippen molar-refractivity contribution in [3.8, 4) is 22.6 Å². The summed E-state index contributed by atoms with van der Waals surface area (Å²) in [6.07, 6.45) is 9.04. The van der Waals surface area contributed by atoms with Gasteiger partial charge in [-0.1, -0.05) is 75.1 Å². The lowest BCUT2D eigenvalue weighted by molar-refractivity contribution is -0.214. The van der Waals surface area contributed by atoms with Crippen LogP contribution in [0.1, 0.15) is 57.4 Å². The maximum atomic E-state index is 8.00. The van der Waals surface area contributed by atoms with Crippen molar-refractivity contribution >= 4 is 6.79 Å². The zero-order chi connectivity index (χ0) is 31.3. The molecule has 0 aliphatic rings. The third-order valence-corrected chi connectivity index (χ3v) is 5.94. The standard InChI is InChI=1S/C30H44N2O2.CH4O2.CH4O.CH2O/c1-5-6-7-8-9-11-26-14-15-29(34-19-17-25(3)23-32-4)21-30(26)27-12-10-13-28(20-27)33-18-16-24(2)22-31;1-3-2;2*1-2/h10,12-15,20-21,32H,2-3,5-9,11,16-19,22-23,31H2,1,4H3;2H,1H3;2H,1H3;1H2. The van der Waals surface area contributed by atoms with Crippen molar-refractivity contribution in [1.82, 2.24) is 5.32 Å². The third-order valence-electron chi connectivity index (χ3n) is 5.94. The van der Waals surface area contributed by atoms with Crippen LogP contribution in [0.4, 0.5) is 0 Å². The molecule has 0 saturated heterocycles. The number of likely N-dealkylation sites (N-methyl/N-ethyl adjacent to an activating group) is 1. The predicted molar refractivity (Wildman–Crippen MR) is 171 cm³/mol. The Morgan fingerprint density at radius 3 is 2.07 bits per heavy atom. The average Bonchev–Trinajstić information content (AvgIpc) is 3.00. The van der Waals surface area contributed by atoms with Crippen LogP contribution in [0, 0.1) is 0 Å². The Morgan fingerprint density at radius 2 is 1.49 bits per heavy atom. The Bertz CT molecular complexity index is 936. The van der Waals surface area contributed by atoms with E-state index in [1.807, 2.05) is 19.9 Å². The number of nitrogens with two attached hydrogens (primary N) is 1. The molecule has 0 fully saturated rings. The molecule has 0 aromatic heterocycles. The van der Waals surface area contributed by atoms with E-state index < -0.39 is 0 Å². The van der Waals surface area contributed by atoms with Gasteiger partial charge in [0, 0.05) is 33.0 Å². The van der Waals surface area contributed by atoms with Gasteiger partial charge >= 0.3 is 0 Å². The molecule has 41 heavy (non-hydrogen) atoms. The summed E-state index contributed by atoms with van der Waals surface area (Å²) in [7, 11) is 4.12. The molecule has 5 N–H and O–H groups in total. The molecule has 0 spiro atoms. The highest BCUT2D eigenvalue weighted by Gasteiger charge is 2.10. The molecule has 0 heterocycles. The fraction of sp³-hybridized carbons (Fsp3) is 0.485. The van der Waals surface area contributed by atoms with E-state index >= 15 is 0 Å². The summed E-state index contributed by atoms with van der Waals surface area (Å²) in [5.41, 5.74) is 11.5. The molecule has 0 saturated carbocycles. The average molecular weight is 575 g/mol. The van der Waals surface area contributed by atoms with Crippen LogP contribution in [-0.4, -0.2) is 64.7 Å². The highest BCUT2D eigenvalue weighted by Crippen LogP contribution is 2.32. The minimum Gasteiger partial charge on any atom is -0.493 e. The van der Waals surface area contributed by atoms with Gasteiger partial charge in [-0.2, -0.15) is 0 Å². The fourth-order valence-electron chi connectivity index (χ4n) is 3.87. The third kappa shape index (κ3) is 19.7. The number of nitrogens with one attached hydrogen (secondary N) is 1. The highest BCUT2D eigenvalue weighted by molar-refractivity contribution is 5.70. The molecule has 0 bridgehead atoms. The van der Waals surface area contributed by atoms with E-state index in [0.29, 0.717) is 19.8 Å². The van der Waals surface area contributed by atoms with E-state index in [9.17, 15) is 0 Å². The summed E-state index contributed by atoms with van der Waals surface area (Å²) in [4.78, 5) is 11.2. The molecule has 0 amide bonds. The van der Waals surface area contributed by atoms with Gasteiger partial charge in [0.25, 0.3) is 0 Å². The Labute approximate surface area is 248 Å². The van der Waals surface area contributed by atoms with Gasteiger partial charge in [-0.05, 0) is 60.8 Å². The number of ether oxygens (including phenoxy) is 2. The normalized spacial score (nSPS) is 9.63. The molecular formula is C33H54N2O6. The minimum absolute atomic E-state index is 0.500. The molecule has 2 rings (SSSR count). The maximum absolute atomic E-state index is 8.00. The van der Waals surface area contributed by atoms with E-state index in [0.717, 1.165) is 61.1 Å². The number of hydrogen-bond acceptors (Lipinski definition) is 8. The summed E-state index contributed by atoms with van der Waals surface area (Å²) in [6.45, 7) is 14.8. The van der Waals surface area contributed by atoms with E-state index in [1.165, 1.54) is 50.3 Å². The predicted octanol–water partition coefficient (Wildman–Crippen LogP) is 6.22. The molecule has 232 valence electrons. The molecular weight excluding hydrogens is 520 g/mol. The second kappa shape index (κ2) is 28.5. The quantitative estimate of drug-likeness (QED) is 0.0716. The van der Waals surface area contributed by atoms with E-state index in [2.05, 4.69) is 66.7 Å². The number of rotatable bonds is 18. The fourth-order valence-corrected chi connectivity index (χ4v) is 3.87. The lowest BCUT2D eigenvalue weighted by Crippen LogP contribution is -2.11. The van der Waals surface area contributed by atoms with E-state index in [-0.39, 0.29) is 0 Å². The van der Waals surface area contributed by atoms with Crippen LogP contribution in [0.3, 0.4) is 0 Å². The Morgan fingerprint density at radius 1 is 0.902 bits per heavy atom. The summed E-state index contributed by atoms with van der Waals surface area (Å²) in [5.74, 6) is 1.76. The molecule has 0 atom stereocenters. The first-order valence-corrected chi connectivity index (χ1v) is 14.1. The van der Waals surface area contributed by atoms with Crippen LogP contribution in [0.5, 0.6) is 11.5 Å². The van der Waals surface area contributed by atoms with E-state index in [4.69, 9.17) is 30.4 Å². The van der Waals surface area contributed by atoms with Crippen molar-refractivity contribution in [3.05, 3.63) is 72.3 Å². The maximum Gasteiger partial charge on any atom is 0.119 e. The van der Waals surface area contributed by atoms with Gasteiger partial charge in [0.05, 0.1) is 20.3 Å². The number of carbonyl (C=O) groups is 1. The van der Waals surface area contributed by atoms with Crippen LogP contribution in [0.15, 0.2) is 66.8 Å². The molecule has 0 aliphatic carbocycles. The van der Waals surface area contributed by atoms with Gasteiger partial charge in [-0.15, -0.1) is 0 Å². The molecule has 2 aromatic carbocycles. The first-order chi connectivity index (χ1) is 20.0. The van der Waals surface area contributed by atoms with Crippen LogP contribution in [-0.2, 0) is 16.1 Å². The smallest absolute Gasteiger partial charge is 0.119 e. The van der Waals surface area contributed by atoms with E-state index in [1.54, 1.807) is 0 Å². The van der Waals surface area contributed by atoms with Crippen LogP contribution in [0.25, 0.3) is 11.1 Å². The molecule has 8 heteroatoms. The first-order valence-electron chi connectivity index (χ1n) is 14.1. The number of unbranched alkanes of at least 4 members (excludes halogenated alkanes) is 4. The van der Waals surface area contributed by atoms with Gasteiger partial charge in [-0.25, -0.2) is 4.89 Å². The largest absolute Gasteiger partial charge is 0.493 e. The molecule has 8 nitrogen and oxygen atoms in total. The zero-order valence-electron chi connectivity index (χ0n) is 25.8. The topological polar surface area (TPSA) is 123 Å². The van der Waals surface area contributed by atoms with Crippen LogP contribution in [0.2, 0.25) is 0 Å². The van der Waals surface area contributed by atoms with Crippen molar-refractivity contribution in [1.29, 1.82) is 0 Å². The highest BCUT2D eigenvalue weighted by atomic mass is 17.1. The Balaban J connectivity index is 0. The molecule has 2 aromatic rings. The first kappa shape index (κ1) is 40.1. The Kier molecular flexibility index (Phi) is 27.9. The SMILES string of the molecule is C=C(CN)CCOc1cccc(-c2cc(OCCC(=C)CNC)ccc2CCCCCCC)c1.C=O.CO.COO. The van der Waals surface area contributed by atoms with Crippen molar-refractivity contribution in [3.63, 3.8) is 0 Å². The van der Waals surface area contributed by atoms with Crippen LogP contribution >= 0.6 is 0 Å². The zero-order valence-corrected chi connectivity index (χ0v) is 25.8. The second-order valence-corrected chi connectivity index (χ2v) is 9.12. The van der Waals surface area contributed by atoms with Crippen molar-refractivity contribution in [2.24, 2.45) is 5.73 Å². The van der Waals surface area contributed by atoms with Gasteiger partial charge < -0.3 is 30.4 Å². The molecule has 0 unspecified atom stereocenters. The van der Waals surface area contributed by atoms with Crippen molar-refractivity contribution < 1.29 is 29.5 Å². The number of benzene rings is 2. The summed E-state index contributed by atoms with van der Waals surface area (Å²) in [6, 6.07) is 14.9.